The first-order valence-corrected chi connectivity index (χ1v) is 11.3. The number of benzene rings is 2. The van der Waals surface area contributed by atoms with Crippen LogP contribution in [-0.4, -0.2) is 31.5 Å². The molecule has 154 valence electrons. The molecule has 1 aliphatic carbocycles. The van der Waals surface area contributed by atoms with Gasteiger partial charge in [-0.1, -0.05) is 47.3 Å². The molecular weight excluding hydrogens is 500 g/mol. The molecule has 2 amide bonds. The largest absolute Gasteiger partial charge is 0.483 e. The number of nitrogens with one attached hydrogen (secondary N) is 1. The maximum atomic E-state index is 12.8. The molecule has 0 radical (unpaired) electrons. The number of nitrogens with zero attached hydrogens (tertiary/aromatic N) is 1. The lowest BCUT2D eigenvalue weighted by Crippen LogP contribution is -2.38. The van der Waals surface area contributed by atoms with Crippen LogP contribution in [0.3, 0.4) is 0 Å². The van der Waals surface area contributed by atoms with Gasteiger partial charge in [0.15, 0.2) is 6.61 Å². The highest BCUT2D eigenvalue weighted by Crippen LogP contribution is 2.28. The molecule has 0 aromatic heterocycles. The van der Waals surface area contributed by atoms with E-state index in [1.54, 1.807) is 25.2 Å². The average Bonchev–Trinajstić information content (AvgIpc) is 2.73. The van der Waals surface area contributed by atoms with E-state index >= 15 is 0 Å². The van der Waals surface area contributed by atoms with Crippen molar-refractivity contribution in [1.29, 1.82) is 0 Å². The molecule has 5 nitrogen and oxygen atoms in total. The molecule has 0 saturated heterocycles. The van der Waals surface area contributed by atoms with Crippen LogP contribution >= 0.6 is 31.9 Å². The molecule has 0 atom stereocenters. The Hall–Kier alpha value is -1.86. The monoisotopic (exact) mass is 522 g/mol. The maximum Gasteiger partial charge on any atom is 0.264 e. The third-order valence-corrected chi connectivity index (χ3v) is 6.18. The molecule has 0 aliphatic heterocycles. The minimum atomic E-state index is -0.238. The van der Waals surface area contributed by atoms with Crippen molar-refractivity contribution >= 4 is 49.4 Å². The van der Waals surface area contributed by atoms with Gasteiger partial charge in [-0.15, -0.1) is 0 Å². The van der Waals surface area contributed by atoms with Crippen LogP contribution in [0.4, 0.5) is 5.69 Å². The average molecular weight is 524 g/mol. The van der Waals surface area contributed by atoms with Crippen molar-refractivity contribution in [2.45, 2.75) is 38.1 Å². The maximum absolute atomic E-state index is 12.8. The third-order valence-electron chi connectivity index (χ3n) is 5.07. The molecule has 3 rings (SSSR count). The summed E-state index contributed by atoms with van der Waals surface area (Å²) >= 11 is 6.81. The Kier molecular flexibility index (Phi) is 7.72. The summed E-state index contributed by atoms with van der Waals surface area (Å²) in [7, 11) is 1.66. The number of ether oxygens (including phenoxy) is 1. The van der Waals surface area contributed by atoms with Crippen molar-refractivity contribution in [3.05, 3.63) is 57.0 Å². The lowest BCUT2D eigenvalue weighted by molar-refractivity contribution is -0.120. The minimum absolute atomic E-state index is 0.130. The summed E-state index contributed by atoms with van der Waals surface area (Å²) in [6, 6.07) is 12.9. The van der Waals surface area contributed by atoms with Gasteiger partial charge in [0.2, 0.25) is 0 Å². The van der Waals surface area contributed by atoms with E-state index in [1.165, 1.54) is 11.3 Å². The van der Waals surface area contributed by atoms with Gasteiger partial charge >= 0.3 is 0 Å². The molecule has 2 aromatic carbocycles. The molecular formula is C22H24Br2N2O3. The highest BCUT2D eigenvalue weighted by Gasteiger charge is 2.22. The predicted octanol–water partition coefficient (Wildman–Crippen LogP) is 5.32. The number of para-hydroxylation sites is 1. The summed E-state index contributed by atoms with van der Waals surface area (Å²) in [5.41, 5.74) is 1.07. The van der Waals surface area contributed by atoms with Gasteiger partial charge in [0.1, 0.15) is 5.75 Å². The molecule has 7 heteroatoms. The number of likely N-dealkylation sites (N-methyl/N-ethyl adjacent to an activating group) is 1. The normalized spacial score (nSPS) is 14.3. The van der Waals surface area contributed by atoms with Gasteiger partial charge in [-0.25, -0.2) is 0 Å². The summed E-state index contributed by atoms with van der Waals surface area (Å²) in [4.78, 5) is 27.0. The Morgan fingerprint density at radius 1 is 1.10 bits per heavy atom. The van der Waals surface area contributed by atoms with E-state index in [0.29, 0.717) is 17.0 Å². The zero-order valence-electron chi connectivity index (χ0n) is 16.3. The SMILES string of the molecule is CN(C(=O)COc1ccc(Br)cc1Br)c1ccccc1C(=O)NC1CCCCC1. The molecule has 1 saturated carbocycles. The Labute approximate surface area is 188 Å². The van der Waals surface area contributed by atoms with Gasteiger partial charge < -0.3 is 15.0 Å². The first kappa shape index (κ1) is 21.8. The van der Waals surface area contributed by atoms with Crippen LogP contribution < -0.4 is 15.0 Å². The number of amides is 2. The van der Waals surface area contributed by atoms with Crippen LogP contribution in [0.2, 0.25) is 0 Å². The summed E-state index contributed by atoms with van der Waals surface area (Å²) in [5.74, 6) is 0.208. The number of anilines is 1. The minimum Gasteiger partial charge on any atom is -0.483 e. The number of hydrogen-bond donors (Lipinski definition) is 1. The third kappa shape index (κ3) is 5.82. The van der Waals surface area contributed by atoms with Gasteiger partial charge in [0.25, 0.3) is 11.8 Å². The fourth-order valence-corrected chi connectivity index (χ4v) is 4.59. The van der Waals surface area contributed by atoms with Gasteiger partial charge in [0, 0.05) is 17.6 Å². The van der Waals surface area contributed by atoms with Crippen molar-refractivity contribution in [1.82, 2.24) is 5.32 Å². The van der Waals surface area contributed by atoms with Gasteiger partial charge in [-0.2, -0.15) is 0 Å². The summed E-state index contributed by atoms with van der Waals surface area (Å²) in [6.07, 6.45) is 5.55. The number of halogens is 2. The highest BCUT2D eigenvalue weighted by molar-refractivity contribution is 9.11. The first-order chi connectivity index (χ1) is 14.0. The molecule has 1 aliphatic rings. The van der Waals surface area contributed by atoms with Crippen molar-refractivity contribution in [2.75, 3.05) is 18.6 Å². The van der Waals surface area contributed by atoms with Crippen LogP contribution in [0.15, 0.2) is 51.4 Å². The van der Waals surface area contributed by atoms with Crippen molar-refractivity contribution < 1.29 is 14.3 Å². The molecule has 0 spiro atoms. The Balaban J connectivity index is 1.67. The Morgan fingerprint density at radius 2 is 1.83 bits per heavy atom. The number of hydrogen-bond acceptors (Lipinski definition) is 3. The molecule has 0 bridgehead atoms. The van der Waals surface area contributed by atoms with E-state index in [2.05, 4.69) is 37.2 Å². The fraction of sp³-hybridized carbons (Fsp3) is 0.364. The van der Waals surface area contributed by atoms with Crippen LogP contribution in [-0.2, 0) is 4.79 Å². The van der Waals surface area contributed by atoms with Crippen molar-refractivity contribution in [3.8, 4) is 5.75 Å². The summed E-state index contributed by atoms with van der Waals surface area (Å²) in [6.45, 7) is -0.130. The van der Waals surface area contributed by atoms with E-state index < -0.39 is 0 Å². The summed E-state index contributed by atoms with van der Waals surface area (Å²) < 4.78 is 7.33. The van der Waals surface area contributed by atoms with Gasteiger partial charge in [-0.05, 0) is 59.1 Å². The zero-order chi connectivity index (χ0) is 20.8. The number of carbonyl (C=O) groups excluding carboxylic acids is 2. The van der Waals surface area contributed by atoms with Crippen molar-refractivity contribution in [2.24, 2.45) is 0 Å². The fourth-order valence-electron chi connectivity index (χ4n) is 3.43. The smallest absolute Gasteiger partial charge is 0.264 e. The van der Waals surface area contributed by atoms with E-state index in [0.717, 1.165) is 34.6 Å². The zero-order valence-corrected chi connectivity index (χ0v) is 19.5. The van der Waals surface area contributed by atoms with Crippen LogP contribution in [0.1, 0.15) is 42.5 Å². The van der Waals surface area contributed by atoms with Crippen LogP contribution in [0.5, 0.6) is 5.75 Å². The number of carbonyl (C=O) groups is 2. The Morgan fingerprint density at radius 3 is 2.55 bits per heavy atom. The molecule has 29 heavy (non-hydrogen) atoms. The molecule has 1 fully saturated rings. The second-order valence-corrected chi connectivity index (χ2v) is 8.91. The Bertz CT molecular complexity index is 882. The standard InChI is InChI=1S/C22H24Br2N2O3/c1-26(21(27)14-29-20-12-11-15(23)13-18(20)24)19-10-6-5-9-17(19)22(28)25-16-7-3-2-4-8-16/h5-6,9-13,16H,2-4,7-8,14H2,1H3,(H,25,28). The van der Waals surface area contributed by atoms with Crippen LogP contribution in [0, 0.1) is 0 Å². The molecule has 0 unspecified atom stereocenters. The lowest BCUT2D eigenvalue weighted by Gasteiger charge is -2.25. The van der Waals surface area contributed by atoms with E-state index in [-0.39, 0.29) is 24.5 Å². The quantitative estimate of drug-likeness (QED) is 0.557. The molecule has 1 N–H and O–H groups in total. The lowest BCUT2D eigenvalue weighted by atomic mass is 9.95. The predicted molar refractivity (Wildman–Crippen MR) is 122 cm³/mol. The van der Waals surface area contributed by atoms with Crippen LogP contribution in [0.25, 0.3) is 0 Å². The van der Waals surface area contributed by atoms with Crippen molar-refractivity contribution in [3.63, 3.8) is 0 Å². The van der Waals surface area contributed by atoms with E-state index in [9.17, 15) is 9.59 Å². The number of rotatable bonds is 6. The van der Waals surface area contributed by atoms with E-state index in [4.69, 9.17) is 4.74 Å². The second kappa shape index (κ2) is 10.3. The topological polar surface area (TPSA) is 58.6 Å². The van der Waals surface area contributed by atoms with Gasteiger partial charge in [0.05, 0.1) is 15.7 Å². The second-order valence-electron chi connectivity index (χ2n) is 7.14. The summed E-state index contributed by atoms with van der Waals surface area (Å²) in [5, 5.41) is 3.12. The first-order valence-electron chi connectivity index (χ1n) is 9.70. The highest BCUT2D eigenvalue weighted by atomic mass is 79.9. The molecule has 0 heterocycles. The van der Waals surface area contributed by atoms with E-state index in [1.807, 2.05) is 24.3 Å². The van der Waals surface area contributed by atoms with Gasteiger partial charge in [-0.3, -0.25) is 9.59 Å². The molecule has 2 aromatic rings.